The van der Waals surface area contributed by atoms with E-state index in [4.69, 9.17) is 14.2 Å². The summed E-state index contributed by atoms with van der Waals surface area (Å²) < 4.78 is 15.7. The summed E-state index contributed by atoms with van der Waals surface area (Å²) in [5.74, 6) is 0. The molecule has 0 aliphatic rings. The Morgan fingerprint density at radius 1 is 0.394 bits per heavy atom. The van der Waals surface area contributed by atoms with Gasteiger partial charge in [-0.1, -0.05) is 116 Å². The predicted octanol–water partition coefficient (Wildman–Crippen LogP) is 10.2. The maximum Gasteiger partial charge on any atom is 0.149 e. The van der Waals surface area contributed by atoms with Crippen LogP contribution in [0, 0.1) is 0 Å². The standard InChI is InChI=1S/C18H34.C12H26O3/c1-3-5-7-9-11-13-15-17-18-16-14-12-10-8-6-4-2;1-3-5-7-9-13-11-15-12-14-10-8-6-4-2/h5,7,10,12H,3-4,6,8-9,11,13-18H2,1-2H3;3-12H2,1-2H3/b7-5-,12-10+;. The van der Waals surface area contributed by atoms with Gasteiger partial charge in [-0.25, -0.2) is 0 Å². The van der Waals surface area contributed by atoms with E-state index in [2.05, 4.69) is 52.0 Å². The molecule has 0 aliphatic heterocycles. The molecule has 0 bridgehead atoms. The fourth-order valence-electron chi connectivity index (χ4n) is 3.25. The Bertz CT molecular complexity index is 354. The van der Waals surface area contributed by atoms with Gasteiger partial charge in [-0.05, 0) is 51.4 Å². The van der Waals surface area contributed by atoms with Crippen LogP contribution in [0.15, 0.2) is 24.3 Å². The van der Waals surface area contributed by atoms with Crippen molar-refractivity contribution in [1.29, 1.82) is 0 Å². The summed E-state index contributed by atoms with van der Waals surface area (Å²) >= 11 is 0. The third-order valence-electron chi connectivity index (χ3n) is 5.40. The van der Waals surface area contributed by atoms with Gasteiger partial charge in [0.05, 0.1) is 0 Å². The summed E-state index contributed by atoms with van der Waals surface area (Å²) in [5, 5.41) is 0. The number of rotatable bonds is 25. The van der Waals surface area contributed by atoms with Gasteiger partial charge < -0.3 is 14.2 Å². The average Bonchev–Trinajstić information content (AvgIpc) is 2.83. The Morgan fingerprint density at radius 3 is 1.27 bits per heavy atom. The minimum absolute atomic E-state index is 0.359. The van der Waals surface area contributed by atoms with Crippen LogP contribution in [0.5, 0.6) is 0 Å². The Balaban J connectivity index is 0. The first-order chi connectivity index (χ1) is 16.3. The number of hydrogen-bond donors (Lipinski definition) is 0. The molecule has 0 saturated heterocycles. The Kier molecular flexibility index (Phi) is 37.6. The number of allylic oxidation sites excluding steroid dienone is 4. The minimum Gasteiger partial charge on any atom is -0.355 e. The monoisotopic (exact) mass is 468 g/mol. The summed E-state index contributed by atoms with van der Waals surface area (Å²) in [6, 6.07) is 0. The van der Waals surface area contributed by atoms with E-state index >= 15 is 0 Å². The minimum atomic E-state index is 0.359. The zero-order chi connectivity index (χ0) is 24.5. The normalized spacial score (nSPS) is 11.4. The van der Waals surface area contributed by atoms with Gasteiger partial charge >= 0.3 is 0 Å². The van der Waals surface area contributed by atoms with Crippen molar-refractivity contribution in [2.45, 2.75) is 143 Å². The summed E-state index contributed by atoms with van der Waals surface area (Å²) in [7, 11) is 0. The van der Waals surface area contributed by atoms with E-state index < -0.39 is 0 Å². The maximum absolute atomic E-state index is 5.26. The molecule has 0 aromatic heterocycles. The van der Waals surface area contributed by atoms with E-state index in [1.807, 2.05) is 0 Å². The van der Waals surface area contributed by atoms with Crippen molar-refractivity contribution in [2.24, 2.45) is 0 Å². The van der Waals surface area contributed by atoms with E-state index in [0.717, 1.165) is 26.1 Å². The molecular weight excluding hydrogens is 408 g/mol. The SMILES string of the molecule is CC/C=C\CCCCCCCC/C=C/CCCC.CCCCCOCOCOCCCCC. The third kappa shape index (κ3) is 38.9. The number of ether oxygens (including phenoxy) is 3. The van der Waals surface area contributed by atoms with Gasteiger partial charge in [0.15, 0.2) is 0 Å². The first-order valence-corrected chi connectivity index (χ1v) is 14.4. The predicted molar refractivity (Wildman–Crippen MR) is 147 cm³/mol. The lowest BCUT2D eigenvalue weighted by molar-refractivity contribution is -0.131. The van der Waals surface area contributed by atoms with E-state index in [-0.39, 0.29) is 0 Å². The zero-order valence-corrected chi connectivity index (χ0v) is 23.1. The van der Waals surface area contributed by atoms with Crippen molar-refractivity contribution < 1.29 is 14.2 Å². The lowest BCUT2D eigenvalue weighted by Crippen LogP contribution is -2.06. The largest absolute Gasteiger partial charge is 0.355 e. The van der Waals surface area contributed by atoms with Crippen molar-refractivity contribution >= 4 is 0 Å². The van der Waals surface area contributed by atoms with Crippen molar-refractivity contribution in [1.82, 2.24) is 0 Å². The molecule has 0 amide bonds. The van der Waals surface area contributed by atoms with Gasteiger partial charge in [-0.3, -0.25) is 0 Å². The summed E-state index contributed by atoms with van der Waals surface area (Å²) in [5.41, 5.74) is 0. The molecule has 0 fully saturated rings. The van der Waals surface area contributed by atoms with Crippen LogP contribution in [0.25, 0.3) is 0 Å². The quantitative estimate of drug-likeness (QED) is 0.0757. The van der Waals surface area contributed by atoms with Crippen LogP contribution in [-0.2, 0) is 14.2 Å². The van der Waals surface area contributed by atoms with E-state index in [9.17, 15) is 0 Å². The van der Waals surface area contributed by atoms with Gasteiger partial charge in [-0.15, -0.1) is 0 Å². The molecule has 0 aromatic carbocycles. The van der Waals surface area contributed by atoms with Crippen LogP contribution < -0.4 is 0 Å². The second kappa shape index (κ2) is 35.9. The molecule has 0 radical (unpaired) electrons. The summed E-state index contributed by atoms with van der Waals surface area (Å²) in [4.78, 5) is 0. The molecule has 0 unspecified atom stereocenters. The third-order valence-corrected chi connectivity index (χ3v) is 5.40. The van der Waals surface area contributed by atoms with Crippen molar-refractivity contribution in [3.8, 4) is 0 Å². The second-order valence-corrected chi connectivity index (χ2v) is 8.86. The highest BCUT2D eigenvalue weighted by Crippen LogP contribution is 2.09. The smallest absolute Gasteiger partial charge is 0.149 e. The molecule has 0 rings (SSSR count). The van der Waals surface area contributed by atoms with Crippen molar-refractivity contribution in [2.75, 3.05) is 26.8 Å². The average molecular weight is 469 g/mol. The molecule has 198 valence electrons. The fraction of sp³-hybridized carbons (Fsp3) is 0.867. The first-order valence-electron chi connectivity index (χ1n) is 14.4. The molecule has 0 atom stereocenters. The Morgan fingerprint density at radius 2 is 0.818 bits per heavy atom. The number of hydrogen-bond acceptors (Lipinski definition) is 3. The molecule has 0 spiro atoms. The van der Waals surface area contributed by atoms with Crippen LogP contribution in [0.1, 0.15) is 143 Å². The molecule has 33 heavy (non-hydrogen) atoms. The fourth-order valence-corrected chi connectivity index (χ4v) is 3.25. The van der Waals surface area contributed by atoms with Crippen LogP contribution in [0.4, 0.5) is 0 Å². The number of unbranched alkanes of at least 4 members (excludes halogenated alkanes) is 13. The topological polar surface area (TPSA) is 27.7 Å². The molecule has 0 saturated carbocycles. The Labute approximate surface area is 208 Å². The Hall–Kier alpha value is -0.640. The van der Waals surface area contributed by atoms with E-state index in [1.54, 1.807) is 0 Å². The van der Waals surface area contributed by atoms with Crippen LogP contribution in [-0.4, -0.2) is 26.8 Å². The van der Waals surface area contributed by atoms with E-state index in [0.29, 0.717) is 13.6 Å². The zero-order valence-electron chi connectivity index (χ0n) is 23.1. The highest BCUT2D eigenvalue weighted by atomic mass is 16.7. The highest BCUT2D eigenvalue weighted by molar-refractivity contribution is 4.81. The van der Waals surface area contributed by atoms with Crippen molar-refractivity contribution in [3.63, 3.8) is 0 Å². The molecule has 0 N–H and O–H groups in total. The first kappa shape index (κ1) is 34.5. The van der Waals surface area contributed by atoms with Gasteiger partial charge in [0.1, 0.15) is 13.6 Å². The molecule has 3 heteroatoms. The lowest BCUT2D eigenvalue weighted by Gasteiger charge is -2.06. The summed E-state index contributed by atoms with van der Waals surface area (Å²) in [6.45, 7) is 11.1. The second-order valence-electron chi connectivity index (χ2n) is 8.86. The molecular formula is C30H60O3. The van der Waals surface area contributed by atoms with Crippen molar-refractivity contribution in [3.05, 3.63) is 24.3 Å². The van der Waals surface area contributed by atoms with Crippen LogP contribution >= 0.6 is 0 Å². The van der Waals surface area contributed by atoms with Gasteiger partial charge in [-0.2, -0.15) is 0 Å². The van der Waals surface area contributed by atoms with Gasteiger partial charge in [0.2, 0.25) is 0 Å². The maximum atomic E-state index is 5.26. The van der Waals surface area contributed by atoms with Crippen LogP contribution in [0.3, 0.4) is 0 Å². The summed E-state index contributed by atoms with van der Waals surface area (Å²) in [6.07, 6.45) is 32.7. The lowest BCUT2D eigenvalue weighted by atomic mass is 10.1. The highest BCUT2D eigenvalue weighted by Gasteiger charge is 1.91. The molecule has 0 aromatic rings. The van der Waals surface area contributed by atoms with E-state index in [1.165, 1.54) is 103 Å². The van der Waals surface area contributed by atoms with Crippen LogP contribution in [0.2, 0.25) is 0 Å². The molecule has 3 nitrogen and oxygen atoms in total. The molecule has 0 heterocycles. The molecule has 0 aliphatic carbocycles. The van der Waals surface area contributed by atoms with Gasteiger partial charge in [0, 0.05) is 13.2 Å². The van der Waals surface area contributed by atoms with Gasteiger partial charge in [0.25, 0.3) is 0 Å².